The zero-order valence-electron chi connectivity index (χ0n) is 14.0. The van der Waals surface area contributed by atoms with Crippen molar-refractivity contribution < 1.29 is 17.3 Å². The van der Waals surface area contributed by atoms with Crippen LogP contribution >= 0.6 is 11.8 Å². The van der Waals surface area contributed by atoms with E-state index in [1.165, 1.54) is 11.8 Å². The highest BCUT2D eigenvalue weighted by Crippen LogP contribution is 2.26. The number of benzene rings is 2. The molecule has 0 aliphatic rings. The summed E-state index contributed by atoms with van der Waals surface area (Å²) in [6, 6.07) is 15.9. The van der Waals surface area contributed by atoms with E-state index in [2.05, 4.69) is 10.2 Å². The van der Waals surface area contributed by atoms with Gasteiger partial charge in [0.2, 0.25) is 0 Å². The highest BCUT2D eigenvalue weighted by molar-refractivity contribution is 8.00. The van der Waals surface area contributed by atoms with Gasteiger partial charge < -0.3 is 8.92 Å². The van der Waals surface area contributed by atoms with Crippen LogP contribution in [0, 0.1) is 0 Å². The van der Waals surface area contributed by atoms with E-state index in [1.54, 1.807) is 48.3 Å². The molecule has 136 valence electrons. The summed E-state index contributed by atoms with van der Waals surface area (Å²) in [5, 5.41) is 8.54. The Hall–Kier alpha value is -2.52. The Kier molecular flexibility index (Phi) is 5.79. The van der Waals surface area contributed by atoms with Crippen molar-refractivity contribution in [1.82, 2.24) is 14.8 Å². The second kappa shape index (κ2) is 8.24. The Labute approximate surface area is 156 Å². The van der Waals surface area contributed by atoms with Gasteiger partial charge in [-0.2, -0.15) is 8.42 Å². The third kappa shape index (κ3) is 4.55. The Balaban J connectivity index is 1.65. The fourth-order valence-corrected chi connectivity index (χ4v) is 4.43. The molecule has 0 amide bonds. The monoisotopic (exact) mass is 391 g/mol. The largest absolute Gasteiger partial charge is 0.495 e. The number of hydrogen-bond acceptors (Lipinski definition) is 7. The molecule has 0 bridgehead atoms. The Bertz CT molecular complexity index is 959. The van der Waals surface area contributed by atoms with Crippen molar-refractivity contribution in [2.24, 2.45) is 0 Å². The first-order valence-electron chi connectivity index (χ1n) is 7.72. The first-order chi connectivity index (χ1) is 12.6. The minimum Gasteiger partial charge on any atom is -0.495 e. The van der Waals surface area contributed by atoms with Gasteiger partial charge >= 0.3 is 10.1 Å². The maximum absolute atomic E-state index is 12.1. The molecule has 3 aromatic rings. The molecule has 9 heteroatoms. The molecule has 0 spiro atoms. The van der Waals surface area contributed by atoms with Gasteiger partial charge in [0.15, 0.2) is 5.16 Å². The van der Waals surface area contributed by atoms with Gasteiger partial charge in [-0.05, 0) is 24.3 Å². The number of ether oxygens (including phenoxy) is 1. The standard InChI is InChI=1S/C17H17N3O4S2/c1-23-16-10-6-5-9-15(16)20-13-18-19-17(20)25-11-12-26(21,22)24-14-7-3-2-4-8-14/h2-10,13H,11-12H2,1H3. The zero-order valence-corrected chi connectivity index (χ0v) is 15.6. The van der Waals surface area contributed by atoms with Crippen molar-refractivity contribution in [3.05, 3.63) is 60.9 Å². The summed E-state index contributed by atoms with van der Waals surface area (Å²) in [7, 11) is -2.09. The molecule has 0 radical (unpaired) electrons. The highest BCUT2D eigenvalue weighted by atomic mass is 32.2. The Morgan fingerprint density at radius 1 is 1.08 bits per heavy atom. The van der Waals surface area contributed by atoms with Crippen LogP contribution in [0.15, 0.2) is 66.1 Å². The lowest BCUT2D eigenvalue weighted by atomic mass is 10.3. The quantitative estimate of drug-likeness (QED) is 0.431. The molecule has 0 atom stereocenters. The molecule has 3 rings (SSSR count). The molecule has 1 aromatic heterocycles. The van der Waals surface area contributed by atoms with Gasteiger partial charge in [-0.15, -0.1) is 10.2 Å². The van der Waals surface area contributed by atoms with Crippen LogP contribution in [-0.2, 0) is 10.1 Å². The van der Waals surface area contributed by atoms with E-state index < -0.39 is 10.1 Å². The van der Waals surface area contributed by atoms with Gasteiger partial charge in [-0.25, -0.2) is 0 Å². The summed E-state index contributed by atoms with van der Waals surface area (Å²) in [5.74, 6) is 1.11. The molecule has 0 saturated carbocycles. The first kappa shape index (κ1) is 18.3. The summed E-state index contributed by atoms with van der Waals surface area (Å²) in [6.07, 6.45) is 1.56. The average Bonchev–Trinajstić information content (AvgIpc) is 3.10. The van der Waals surface area contributed by atoms with Crippen molar-refractivity contribution in [2.45, 2.75) is 5.16 Å². The number of thioether (sulfide) groups is 1. The molecule has 0 aliphatic carbocycles. The molecule has 0 N–H and O–H groups in total. The van der Waals surface area contributed by atoms with Crippen molar-refractivity contribution in [3.8, 4) is 17.2 Å². The number of para-hydroxylation sites is 3. The number of rotatable bonds is 8. The van der Waals surface area contributed by atoms with Crippen LogP contribution in [0.3, 0.4) is 0 Å². The van der Waals surface area contributed by atoms with E-state index in [4.69, 9.17) is 8.92 Å². The summed E-state index contributed by atoms with van der Waals surface area (Å²) in [6.45, 7) is 0. The number of methoxy groups -OCH3 is 1. The topological polar surface area (TPSA) is 83.3 Å². The van der Waals surface area contributed by atoms with E-state index in [0.717, 1.165) is 5.69 Å². The van der Waals surface area contributed by atoms with E-state index >= 15 is 0 Å². The SMILES string of the molecule is COc1ccccc1-n1cnnc1SCCS(=O)(=O)Oc1ccccc1. The van der Waals surface area contributed by atoms with Gasteiger partial charge in [0.25, 0.3) is 0 Å². The minimum atomic E-state index is -3.68. The van der Waals surface area contributed by atoms with Gasteiger partial charge in [-0.1, -0.05) is 42.1 Å². The van der Waals surface area contributed by atoms with E-state index in [9.17, 15) is 8.42 Å². The molecular weight excluding hydrogens is 374 g/mol. The lowest BCUT2D eigenvalue weighted by molar-refractivity contribution is 0.412. The van der Waals surface area contributed by atoms with Crippen LogP contribution in [-0.4, -0.2) is 41.8 Å². The highest BCUT2D eigenvalue weighted by Gasteiger charge is 2.16. The first-order valence-corrected chi connectivity index (χ1v) is 10.3. The van der Waals surface area contributed by atoms with E-state index in [0.29, 0.717) is 16.7 Å². The van der Waals surface area contributed by atoms with Crippen molar-refractivity contribution >= 4 is 21.9 Å². The van der Waals surface area contributed by atoms with E-state index in [1.807, 2.05) is 24.3 Å². The zero-order chi connectivity index (χ0) is 18.4. The third-order valence-electron chi connectivity index (χ3n) is 3.39. The number of nitrogens with zero attached hydrogens (tertiary/aromatic N) is 3. The second-order valence-electron chi connectivity index (χ2n) is 5.16. The number of hydrogen-bond donors (Lipinski definition) is 0. The van der Waals surface area contributed by atoms with Crippen LogP contribution in [0.5, 0.6) is 11.5 Å². The normalized spacial score (nSPS) is 11.3. The van der Waals surface area contributed by atoms with Crippen molar-refractivity contribution in [3.63, 3.8) is 0 Å². The molecule has 7 nitrogen and oxygen atoms in total. The molecule has 2 aromatic carbocycles. The minimum absolute atomic E-state index is 0.147. The molecule has 1 heterocycles. The average molecular weight is 391 g/mol. The Morgan fingerprint density at radius 3 is 2.58 bits per heavy atom. The fourth-order valence-electron chi connectivity index (χ4n) is 2.22. The molecule has 0 fully saturated rings. The van der Waals surface area contributed by atoms with Crippen molar-refractivity contribution in [1.29, 1.82) is 0 Å². The van der Waals surface area contributed by atoms with Gasteiger partial charge in [0.1, 0.15) is 17.8 Å². The molecule has 0 aliphatic heterocycles. The van der Waals surface area contributed by atoms with Gasteiger partial charge in [0.05, 0.1) is 18.6 Å². The molecular formula is C17H17N3O4S2. The summed E-state index contributed by atoms with van der Waals surface area (Å²) in [5.41, 5.74) is 0.783. The lowest BCUT2D eigenvalue weighted by Crippen LogP contribution is -2.15. The van der Waals surface area contributed by atoms with Crippen LogP contribution in [0.2, 0.25) is 0 Å². The van der Waals surface area contributed by atoms with E-state index in [-0.39, 0.29) is 11.5 Å². The van der Waals surface area contributed by atoms with Crippen molar-refractivity contribution in [2.75, 3.05) is 18.6 Å². The van der Waals surface area contributed by atoms with Gasteiger partial charge in [0, 0.05) is 5.75 Å². The van der Waals surface area contributed by atoms with Crippen LogP contribution in [0.1, 0.15) is 0 Å². The molecule has 0 saturated heterocycles. The maximum atomic E-state index is 12.1. The van der Waals surface area contributed by atoms with Crippen LogP contribution in [0.4, 0.5) is 0 Å². The summed E-state index contributed by atoms with van der Waals surface area (Å²) in [4.78, 5) is 0. The molecule has 26 heavy (non-hydrogen) atoms. The summed E-state index contributed by atoms with van der Waals surface area (Å²) < 4.78 is 36.3. The third-order valence-corrected chi connectivity index (χ3v) is 5.75. The summed E-state index contributed by atoms with van der Waals surface area (Å²) >= 11 is 1.28. The smallest absolute Gasteiger partial charge is 0.310 e. The number of aromatic nitrogens is 3. The Morgan fingerprint density at radius 2 is 1.81 bits per heavy atom. The molecule has 0 unspecified atom stereocenters. The van der Waals surface area contributed by atoms with Crippen LogP contribution in [0.25, 0.3) is 5.69 Å². The predicted molar refractivity (Wildman–Crippen MR) is 99.5 cm³/mol. The maximum Gasteiger partial charge on any atom is 0.310 e. The fraction of sp³-hybridized carbons (Fsp3) is 0.176. The second-order valence-corrected chi connectivity index (χ2v) is 7.91. The lowest BCUT2D eigenvalue weighted by Gasteiger charge is -2.10. The van der Waals surface area contributed by atoms with Crippen LogP contribution < -0.4 is 8.92 Å². The predicted octanol–water partition coefficient (Wildman–Crippen LogP) is 2.78. The van der Waals surface area contributed by atoms with Gasteiger partial charge in [-0.3, -0.25) is 4.57 Å².